The molecular formula is C24H30N2O4. The van der Waals surface area contributed by atoms with Gasteiger partial charge in [-0.25, -0.2) is 4.79 Å². The lowest BCUT2D eigenvalue weighted by molar-refractivity contribution is 0.111. The number of methoxy groups -OCH3 is 2. The number of hydrogen-bond acceptors (Lipinski definition) is 4. The second kappa shape index (κ2) is 9.39. The van der Waals surface area contributed by atoms with Crippen LogP contribution in [0.5, 0.6) is 11.5 Å². The Bertz CT molecular complexity index is 881. The van der Waals surface area contributed by atoms with Crippen LogP contribution in [-0.2, 0) is 11.3 Å². The number of nitrogens with one attached hydrogen (secondary N) is 1. The van der Waals surface area contributed by atoms with Crippen molar-refractivity contribution in [2.45, 2.75) is 38.3 Å². The van der Waals surface area contributed by atoms with Gasteiger partial charge in [0.05, 0.1) is 26.9 Å². The van der Waals surface area contributed by atoms with E-state index in [1.807, 2.05) is 47.4 Å². The smallest absolute Gasteiger partial charge is 0.322 e. The van der Waals surface area contributed by atoms with E-state index in [0.29, 0.717) is 13.2 Å². The standard InChI is InChI=1S/C24H30N2O4/c1-28-20-10-11-23(29-2)21(14-20)22-7-4-12-26(22)24(27)25-19-6-3-5-18(13-19)16-30-15-17-8-9-17/h3,5-6,10-11,13-14,17,22H,4,7-9,12,15-16H2,1-2H3,(H,25,27). The molecule has 1 saturated heterocycles. The van der Waals surface area contributed by atoms with E-state index in [4.69, 9.17) is 14.2 Å². The minimum Gasteiger partial charge on any atom is -0.497 e. The fourth-order valence-electron chi connectivity index (χ4n) is 4.00. The van der Waals surface area contributed by atoms with Gasteiger partial charge in [-0.1, -0.05) is 12.1 Å². The van der Waals surface area contributed by atoms with Gasteiger partial charge in [0.15, 0.2) is 0 Å². The van der Waals surface area contributed by atoms with Crippen LogP contribution in [0.2, 0.25) is 0 Å². The summed E-state index contributed by atoms with van der Waals surface area (Å²) in [6, 6.07) is 13.5. The van der Waals surface area contributed by atoms with Gasteiger partial charge in [0.25, 0.3) is 0 Å². The zero-order chi connectivity index (χ0) is 20.9. The Hall–Kier alpha value is -2.73. The summed E-state index contributed by atoms with van der Waals surface area (Å²) in [4.78, 5) is 15.0. The number of hydrogen-bond donors (Lipinski definition) is 1. The predicted octanol–water partition coefficient (Wildman–Crippen LogP) is 5.00. The van der Waals surface area contributed by atoms with Crippen LogP contribution < -0.4 is 14.8 Å². The summed E-state index contributed by atoms with van der Waals surface area (Å²) in [5.74, 6) is 2.28. The molecule has 2 aliphatic rings. The highest BCUT2D eigenvalue weighted by atomic mass is 16.5. The van der Waals surface area contributed by atoms with Crippen LogP contribution in [0.15, 0.2) is 42.5 Å². The van der Waals surface area contributed by atoms with Crippen LogP contribution in [0.1, 0.15) is 42.9 Å². The first-order valence-electron chi connectivity index (χ1n) is 10.6. The molecule has 1 heterocycles. The van der Waals surface area contributed by atoms with Crippen LogP contribution in [0.25, 0.3) is 0 Å². The number of carbonyl (C=O) groups is 1. The van der Waals surface area contributed by atoms with Crippen LogP contribution in [-0.4, -0.2) is 38.3 Å². The maximum Gasteiger partial charge on any atom is 0.322 e. The monoisotopic (exact) mass is 410 g/mol. The summed E-state index contributed by atoms with van der Waals surface area (Å²) >= 11 is 0. The van der Waals surface area contributed by atoms with Gasteiger partial charge in [0.2, 0.25) is 0 Å². The molecule has 1 unspecified atom stereocenters. The molecule has 0 spiro atoms. The fraction of sp³-hybridized carbons (Fsp3) is 0.458. The predicted molar refractivity (Wildman–Crippen MR) is 116 cm³/mol. The second-order valence-corrected chi connectivity index (χ2v) is 8.05. The Balaban J connectivity index is 1.44. The first-order chi connectivity index (χ1) is 14.7. The molecule has 160 valence electrons. The Morgan fingerprint density at radius 1 is 1.10 bits per heavy atom. The Morgan fingerprint density at radius 3 is 2.73 bits per heavy atom. The van der Waals surface area contributed by atoms with E-state index in [1.165, 1.54) is 12.8 Å². The van der Waals surface area contributed by atoms with E-state index < -0.39 is 0 Å². The van der Waals surface area contributed by atoms with Crippen molar-refractivity contribution < 1.29 is 19.0 Å². The highest BCUT2D eigenvalue weighted by Crippen LogP contribution is 2.39. The van der Waals surface area contributed by atoms with Gasteiger partial charge < -0.3 is 24.4 Å². The quantitative estimate of drug-likeness (QED) is 0.665. The number of rotatable bonds is 8. The summed E-state index contributed by atoms with van der Waals surface area (Å²) in [6.45, 7) is 2.11. The average molecular weight is 411 g/mol. The van der Waals surface area contributed by atoms with E-state index in [9.17, 15) is 4.79 Å². The molecule has 6 heteroatoms. The largest absolute Gasteiger partial charge is 0.497 e. The third-order valence-electron chi connectivity index (χ3n) is 5.81. The molecule has 0 aromatic heterocycles. The fourth-order valence-corrected chi connectivity index (χ4v) is 4.00. The molecule has 2 fully saturated rings. The molecule has 1 aliphatic carbocycles. The number of likely N-dealkylation sites (tertiary alicyclic amines) is 1. The molecule has 2 aromatic carbocycles. The molecule has 0 bridgehead atoms. The van der Waals surface area contributed by atoms with Gasteiger partial charge in [-0.05, 0) is 67.5 Å². The molecule has 30 heavy (non-hydrogen) atoms. The molecule has 0 radical (unpaired) electrons. The maximum absolute atomic E-state index is 13.1. The van der Waals surface area contributed by atoms with Crippen molar-refractivity contribution >= 4 is 11.7 Å². The number of carbonyl (C=O) groups excluding carboxylic acids is 1. The third kappa shape index (κ3) is 4.87. The van der Waals surface area contributed by atoms with Crippen molar-refractivity contribution in [3.63, 3.8) is 0 Å². The molecule has 1 saturated carbocycles. The lowest BCUT2D eigenvalue weighted by atomic mass is 10.0. The zero-order valence-electron chi connectivity index (χ0n) is 17.7. The lowest BCUT2D eigenvalue weighted by Crippen LogP contribution is -2.34. The number of urea groups is 1. The third-order valence-corrected chi connectivity index (χ3v) is 5.81. The topological polar surface area (TPSA) is 60.0 Å². The molecule has 6 nitrogen and oxygen atoms in total. The van der Waals surface area contributed by atoms with Crippen molar-refractivity contribution in [2.75, 3.05) is 32.7 Å². The first-order valence-corrected chi connectivity index (χ1v) is 10.6. The molecule has 4 rings (SSSR count). The molecule has 2 amide bonds. The van der Waals surface area contributed by atoms with Crippen molar-refractivity contribution in [3.8, 4) is 11.5 Å². The highest BCUT2D eigenvalue weighted by Gasteiger charge is 2.32. The molecule has 2 aromatic rings. The van der Waals surface area contributed by atoms with Gasteiger partial charge >= 0.3 is 6.03 Å². The molecule has 1 N–H and O–H groups in total. The van der Waals surface area contributed by atoms with Gasteiger partial charge in [-0.2, -0.15) is 0 Å². The SMILES string of the molecule is COc1ccc(OC)c(C2CCCN2C(=O)Nc2cccc(COCC3CC3)c2)c1. The minimum absolute atomic E-state index is 0.0416. The molecular weight excluding hydrogens is 380 g/mol. The van der Waals surface area contributed by atoms with Crippen molar-refractivity contribution in [3.05, 3.63) is 53.6 Å². The second-order valence-electron chi connectivity index (χ2n) is 8.05. The van der Waals surface area contributed by atoms with Gasteiger partial charge in [-0.15, -0.1) is 0 Å². The van der Waals surface area contributed by atoms with E-state index >= 15 is 0 Å². The van der Waals surface area contributed by atoms with E-state index in [1.54, 1.807) is 14.2 Å². The van der Waals surface area contributed by atoms with Crippen molar-refractivity contribution in [2.24, 2.45) is 5.92 Å². The van der Waals surface area contributed by atoms with Gasteiger partial charge in [-0.3, -0.25) is 0 Å². The summed E-state index contributed by atoms with van der Waals surface area (Å²) < 4.78 is 16.7. The molecule has 1 aliphatic heterocycles. The normalized spacial score (nSPS) is 18.3. The Morgan fingerprint density at radius 2 is 1.97 bits per heavy atom. The van der Waals surface area contributed by atoms with E-state index in [0.717, 1.165) is 53.7 Å². The summed E-state index contributed by atoms with van der Waals surface area (Å²) in [7, 11) is 3.30. The number of anilines is 1. The highest BCUT2D eigenvalue weighted by molar-refractivity contribution is 5.90. The van der Waals surface area contributed by atoms with Crippen LogP contribution in [0.4, 0.5) is 10.5 Å². The first kappa shape index (κ1) is 20.5. The van der Waals surface area contributed by atoms with E-state index in [2.05, 4.69) is 5.32 Å². The van der Waals surface area contributed by atoms with Gasteiger partial charge in [0.1, 0.15) is 11.5 Å². The number of nitrogens with zero attached hydrogens (tertiary/aromatic N) is 1. The summed E-state index contributed by atoms with van der Waals surface area (Å²) in [6.07, 6.45) is 4.41. The average Bonchev–Trinajstić information content (AvgIpc) is 3.46. The Kier molecular flexibility index (Phi) is 6.43. The van der Waals surface area contributed by atoms with Crippen molar-refractivity contribution in [1.29, 1.82) is 0 Å². The van der Waals surface area contributed by atoms with Crippen LogP contribution in [0.3, 0.4) is 0 Å². The maximum atomic E-state index is 13.1. The Labute approximate surface area is 178 Å². The number of ether oxygens (including phenoxy) is 3. The number of benzene rings is 2. The molecule has 1 atom stereocenters. The van der Waals surface area contributed by atoms with Gasteiger partial charge in [0, 0.05) is 24.4 Å². The van der Waals surface area contributed by atoms with E-state index in [-0.39, 0.29) is 12.1 Å². The summed E-state index contributed by atoms with van der Waals surface area (Å²) in [5, 5.41) is 3.06. The van der Waals surface area contributed by atoms with Crippen LogP contribution in [0, 0.1) is 5.92 Å². The number of amides is 2. The summed E-state index contributed by atoms with van der Waals surface area (Å²) in [5.41, 5.74) is 2.84. The van der Waals surface area contributed by atoms with Crippen molar-refractivity contribution in [1.82, 2.24) is 4.90 Å². The zero-order valence-corrected chi connectivity index (χ0v) is 17.7. The minimum atomic E-state index is -0.0987. The lowest BCUT2D eigenvalue weighted by Gasteiger charge is -2.27. The van der Waals surface area contributed by atoms with Crippen LogP contribution >= 0.6 is 0 Å².